The van der Waals surface area contributed by atoms with E-state index in [0.29, 0.717) is 21.2 Å². The molecule has 0 aliphatic carbocycles. The Bertz CT molecular complexity index is 623. The summed E-state index contributed by atoms with van der Waals surface area (Å²) < 4.78 is 13.2. The lowest BCUT2D eigenvalue weighted by molar-refractivity contribution is -0.138. The van der Waals surface area contributed by atoms with E-state index < -0.39 is 17.7 Å². The summed E-state index contributed by atoms with van der Waals surface area (Å²) in [6.45, 7) is 0. The molecule has 0 aromatic heterocycles. The molecular weight excluding hydrogens is 302 g/mol. The molecule has 104 valence electrons. The fraction of sp³-hybridized carbons (Fsp3) is 0.133. The van der Waals surface area contributed by atoms with Crippen LogP contribution in [0.1, 0.15) is 17.0 Å². The largest absolute Gasteiger partial charge is 0.481 e. The van der Waals surface area contributed by atoms with Crippen molar-refractivity contribution in [3.63, 3.8) is 0 Å². The van der Waals surface area contributed by atoms with Gasteiger partial charge in [-0.05, 0) is 36.2 Å². The molecule has 2 aromatic rings. The summed E-state index contributed by atoms with van der Waals surface area (Å²) in [4.78, 5) is 11.5. The van der Waals surface area contributed by atoms with Crippen LogP contribution in [0.2, 0.25) is 10.0 Å². The normalized spacial score (nSPS) is 12.2. The Morgan fingerprint density at radius 1 is 1.15 bits per heavy atom. The Labute approximate surface area is 125 Å². The molecule has 1 atom stereocenters. The lowest BCUT2D eigenvalue weighted by Crippen LogP contribution is -2.15. The monoisotopic (exact) mass is 312 g/mol. The number of carboxylic acids is 1. The maximum absolute atomic E-state index is 13.2. The van der Waals surface area contributed by atoms with E-state index >= 15 is 0 Å². The molecule has 0 bridgehead atoms. The van der Waals surface area contributed by atoms with Crippen molar-refractivity contribution in [3.8, 4) is 0 Å². The zero-order valence-electron chi connectivity index (χ0n) is 10.3. The van der Waals surface area contributed by atoms with Gasteiger partial charge in [0.15, 0.2) is 0 Å². The highest BCUT2D eigenvalue weighted by Gasteiger charge is 2.25. The molecule has 0 saturated heterocycles. The van der Waals surface area contributed by atoms with Crippen LogP contribution in [0, 0.1) is 5.82 Å². The van der Waals surface area contributed by atoms with E-state index in [4.69, 9.17) is 23.2 Å². The molecule has 1 N–H and O–H groups in total. The van der Waals surface area contributed by atoms with Crippen molar-refractivity contribution >= 4 is 29.2 Å². The third-order valence-corrected chi connectivity index (χ3v) is 3.63. The topological polar surface area (TPSA) is 37.3 Å². The van der Waals surface area contributed by atoms with Crippen molar-refractivity contribution in [2.24, 2.45) is 0 Å². The molecule has 0 aliphatic heterocycles. The highest BCUT2D eigenvalue weighted by molar-refractivity contribution is 6.36. The summed E-state index contributed by atoms with van der Waals surface area (Å²) in [6.07, 6.45) is 0.122. The summed E-state index contributed by atoms with van der Waals surface area (Å²) in [5.74, 6) is -2.38. The van der Waals surface area contributed by atoms with Crippen LogP contribution in [0.15, 0.2) is 42.5 Å². The molecule has 0 heterocycles. The molecule has 2 nitrogen and oxygen atoms in total. The molecule has 0 radical (unpaired) electrons. The lowest BCUT2D eigenvalue weighted by Gasteiger charge is -2.16. The molecule has 0 aliphatic rings. The van der Waals surface area contributed by atoms with Crippen LogP contribution >= 0.6 is 23.2 Å². The van der Waals surface area contributed by atoms with Gasteiger partial charge in [-0.15, -0.1) is 0 Å². The molecular formula is C15H11Cl2FO2. The average molecular weight is 313 g/mol. The summed E-state index contributed by atoms with van der Waals surface area (Å²) in [6, 6.07) is 10.6. The van der Waals surface area contributed by atoms with E-state index in [9.17, 15) is 14.3 Å². The van der Waals surface area contributed by atoms with Crippen molar-refractivity contribution in [1.29, 1.82) is 0 Å². The number of carbonyl (C=O) groups is 1. The van der Waals surface area contributed by atoms with Gasteiger partial charge in [-0.1, -0.05) is 41.4 Å². The first kappa shape index (κ1) is 14.8. The van der Waals surface area contributed by atoms with Gasteiger partial charge >= 0.3 is 5.97 Å². The van der Waals surface area contributed by atoms with E-state index in [0.717, 1.165) is 0 Å². The van der Waals surface area contributed by atoms with Crippen molar-refractivity contribution < 1.29 is 14.3 Å². The minimum atomic E-state index is -1.05. The first-order chi connectivity index (χ1) is 9.49. The van der Waals surface area contributed by atoms with Gasteiger partial charge in [0.25, 0.3) is 0 Å². The SMILES string of the molecule is O=C(O)C(Cc1cccc(F)c1)c1c(Cl)cccc1Cl. The first-order valence-electron chi connectivity index (χ1n) is 5.90. The predicted octanol–water partition coefficient (Wildman–Crippen LogP) is 4.54. The smallest absolute Gasteiger partial charge is 0.311 e. The number of hydrogen-bond acceptors (Lipinski definition) is 1. The van der Waals surface area contributed by atoms with Crippen LogP contribution in [0.4, 0.5) is 4.39 Å². The van der Waals surface area contributed by atoms with Gasteiger partial charge in [0.1, 0.15) is 5.82 Å². The molecule has 0 saturated carbocycles. The van der Waals surface area contributed by atoms with Crippen molar-refractivity contribution in [1.82, 2.24) is 0 Å². The number of carboxylic acid groups (broad SMARTS) is 1. The van der Waals surface area contributed by atoms with Gasteiger partial charge in [-0.25, -0.2) is 4.39 Å². The number of aliphatic carboxylic acids is 1. The summed E-state index contributed by atoms with van der Waals surface area (Å²) >= 11 is 12.1. The fourth-order valence-electron chi connectivity index (χ4n) is 2.06. The number of benzene rings is 2. The second kappa shape index (κ2) is 6.25. The average Bonchev–Trinajstić information content (AvgIpc) is 2.37. The lowest BCUT2D eigenvalue weighted by atomic mass is 9.92. The van der Waals surface area contributed by atoms with Crippen molar-refractivity contribution in [3.05, 3.63) is 69.5 Å². The van der Waals surface area contributed by atoms with Crippen LogP contribution in [-0.2, 0) is 11.2 Å². The van der Waals surface area contributed by atoms with Crippen molar-refractivity contribution in [2.45, 2.75) is 12.3 Å². The van der Waals surface area contributed by atoms with E-state index in [1.165, 1.54) is 18.2 Å². The van der Waals surface area contributed by atoms with Gasteiger partial charge in [0.05, 0.1) is 5.92 Å². The molecule has 2 rings (SSSR count). The Morgan fingerprint density at radius 3 is 2.30 bits per heavy atom. The fourth-order valence-corrected chi connectivity index (χ4v) is 2.72. The van der Waals surface area contributed by atoms with E-state index in [1.54, 1.807) is 24.3 Å². The van der Waals surface area contributed by atoms with Gasteiger partial charge in [0, 0.05) is 15.6 Å². The molecule has 0 spiro atoms. The Morgan fingerprint density at radius 2 is 1.75 bits per heavy atom. The van der Waals surface area contributed by atoms with Crippen LogP contribution in [-0.4, -0.2) is 11.1 Å². The van der Waals surface area contributed by atoms with E-state index in [1.807, 2.05) is 0 Å². The first-order valence-corrected chi connectivity index (χ1v) is 6.66. The zero-order chi connectivity index (χ0) is 14.7. The Kier molecular flexibility index (Phi) is 4.63. The standard InChI is InChI=1S/C15H11Cl2FO2/c16-12-5-2-6-13(17)14(12)11(15(19)20)8-9-3-1-4-10(18)7-9/h1-7,11H,8H2,(H,19,20). The van der Waals surface area contributed by atoms with Gasteiger partial charge in [0.2, 0.25) is 0 Å². The van der Waals surface area contributed by atoms with E-state index in [-0.39, 0.29) is 6.42 Å². The number of hydrogen-bond donors (Lipinski definition) is 1. The second-order valence-electron chi connectivity index (χ2n) is 4.36. The maximum atomic E-state index is 13.2. The quantitative estimate of drug-likeness (QED) is 0.899. The molecule has 0 amide bonds. The van der Waals surface area contributed by atoms with Gasteiger partial charge in [-0.3, -0.25) is 4.79 Å². The third kappa shape index (κ3) is 3.30. The summed E-state index contributed by atoms with van der Waals surface area (Å²) in [7, 11) is 0. The zero-order valence-corrected chi connectivity index (χ0v) is 11.8. The Hall–Kier alpha value is -1.58. The third-order valence-electron chi connectivity index (χ3n) is 2.98. The predicted molar refractivity (Wildman–Crippen MR) is 76.9 cm³/mol. The minimum Gasteiger partial charge on any atom is -0.481 e. The maximum Gasteiger partial charge on any atom is 0.311 e. The second-order valence-corrected chi connectivity index (χ2v) is 5.17. The number of rotatable bonds is 4. The summed E-state index contributed by atoms with van der Waals surface area (Å²) in [5, 5.41) is 9.98. The van der Waals surface area contributed by atoms with Crippen LogP contribution in [0.3, 0.4) is 0 Å². The van der Waals surface area contributed by atoms with Crippen LogP contribution in [0.5, 0.6) is 0 Å². The summed E-state index contributed by atoms with van der Waals surface area (Å²) in [5.41, 5.74) is 0.931. The molecule has 0 fully saturated rings. The molecule has 2 aromatic carbocycles. The van der Waals surface area contributed by atoms with Crippen LogP contribution in [0.25, 0.3) is 0 Å². The van der Waals surface area contributed by atoms with Gasteiger partial charge < -0.3 is 5.11 Å². The highest BCUT2D eigenvalue weighted by Crippen LogP contribution is 2.33. The molecule has 5 heteroatoms. The minimum absolute atomic E-state index is 0.122. The van der Waals surface area contributed by atoms with Crippen LogP contribution < -0.4 is 0 Å². The van der Waals surface area contributed by atoms with E-state index in [2.05, 4.69) is 0 Å². The molecule has 1 unspecified atom stereocenters. The molecule has 20 heavy (non-hydrogen) atoms. The van der Waals surface area contributed by atoms with Gasteiger partial charge in [-0.2, -0.15) is 0 Å². The number of halogens is 3. The van der Waals surface area contributed by atoms with Crippen molar-refractivity contribution in [2.75, 3.05) is 0 Å². The highest BCUT2D eigenvalue weighted by atomic mass is 35.5. The Balaban J connectivity index is 2.40.